The van der Waals surface area contributed by atoms with Crippen LogP contribution in [0, 0.1) is 0 Å². The van der Waals surface area contributed by atoms with Crippen molar-refractivity contribution in [3.8, 4) is 5.75 Å². The topological polar surface area (TPSA) is 55.8 Å². The molecular formula is C27H33NO4SSi. The second-order valence-corrected chi connectivity index (χ2v) is 16.1. The van der Waals surface area contributed by atoms with Gasteiger partial charge in [-0.25, -0.2) is 8.42 Å². The predicted octanol–water partition coefficient (Wildman–Crippen LogP) is 4.18. The zero-order valence-corrected chi connectivity index (χ0v) is 22.1. The van der Waals surface area contributed by atoms with Crippen molar-refractivity contribution in [2.45, 2.75) is 37.5 Å². The molecule has 0 aliphatic carbocycles. The molecule has 0 bridgehead atoms. The molecule has 5 nitrogen and oxygen atoms in total. The van der Waals surface area contributed by atoms with Crippen molar-refractivity contribution >= 4 is 34.4 Å². The molecule has 0 saturated carbocycles. The lowest BCUT2D eigenvalue weighted by atomic mass is 10.2. The first-order chi connectivity index (χ1) is 16.2. The molecule has 1 unspecified atom stereocenters. The number of anilines is 1. The van der Waals surface area contributed by atoms with Crippen molar-refractivity contribution in [1.29, 1.82) is 0 Å². The van der Waals surface area contributed by atoms with Crippen molar-refractivity contribution in [2.75, 3.05) is 24.6 Å². The second kappa shape index (κ2) is 9.56. The molecule has 180 valence electrons. The molecule has 7 heteroatoms. The van der Waals surface area contributed by atoms with E-state index in [1.165, 1.54) is 4.31 Å². The third-order valence-electron chi connectivity index (χ3n) is 6.65. The van der Waals surface area contributed by atoms with E-state index >= 15 is 0 Å². The summed E-state index contributed by atoms with van der Waals surface area (Å²) < 4.78 is 40.7. The fourth-order valence-corrected chi connectivity index (χ4v) is 11.4. The summed E-state index contributed by atoms with van der Waals surface area (Å²) in [4.78, 5) is 0. The largest absolute Gasteiger partial charge is 0.497 e. The Kier molecular flexibility index (Phi) is 6.89. The van der Waals surface area contributed by atoms with Crippen LogP contribution in [0.5, 0.6) is 5.75 Å². The highest BCUT2D eigenvalue weighted by Crippen LogP contribution is 2.38. The minimum atomic E-state index is -3.54. The normalized spacial score (nSPS) is 18.1. The molecule has 34 heavy (non-hydrogen) atoms. The van der Waals surface area contributed by atoms with Crippen LogP contribution >= 0.6 is 0 Å². The van der Waals surface area contributed by atoms with E-state index in [2.05, 4.69) is 45.0 Å². The zero-order chi connectivity index (χ0) is 24.4. The summed E-state index contributed by atoms with van der Waals surface area (Å²) in [6.45, 7) is 7.22. The second-order valence-electron chi connectivity index (χ2n) is 9.70. The molecule has 1 saturated heterocycles. The van der Waals surface area contributed by atoms with E-state index in [0.717, 1.165) is 10.4 Å². The number of nitrogens with zero attached hydrogens (tertiary/aromatic N) is 1. The van der Waals surface area contributed by atoms with Gasteiger partial charge < -0.3 is 9.16 Å². The molecule has 0 aromatic heterocycles. The molecular weight excluding hydrogens is 462 g/mol. The van der Waals surface area contributed by atoms with Crippen molar-refractivity contribution < 1.29 is 17.6 Å². The molecule has 1 aliphatic heterocycles. The summed E-state index contributed by atoms with van der Waals surface area (Å²) in [6.07, 6.45) is 0.534. The molecule has 1 fully saturated rings. The molecule has 1 heterocycles. The minimum absolute atomic E-state index is 0.169. The lowest BCUT2D eigenvalue weighted by Crippen LogP contribution is -2.67. The van der Waals surface area contributed by atoms with E-state index in [0.29, 0.717) is 24.4 Å². The maximum absolute atomic E-state index is 13.5. The SMILES string of the molecule is COc1ccc(N2CCC(CO[Si](c3ccccc3)(c3ccccc3)C(C)(C)C)S2(=O)=O)cc1. The molecule has 0 radical (unpaired) electrons. The van der Waals surface area contributed by atoms with Crippen LogP contribution in [-0.4, -0.2) is 42.2 Å². The standard InChI is InChI=1S/C27H33NO4SSi/c1-27(2,3)34(25-11-7-5-8-12-25,26-13-9-6-10-14-26)32-21-24-19-20-28(33(24,29)30)22-15-17-23(31-4)18-16-22/h5-18,24H,19-21H2,1-4H3. The summed E-state index contributed by atoms with van der Waals surface area (Å²) in [6, 6.07) is 27.8. The smallest absolute Gasteiger partial charge is 0.261 e. The number of rotatable bonds is 7. The van der Waals surface area contributed by atoms with E-state index in [4.69, 9.17) is 9.16 Å². The van der Waals surface area contributed by atoms with Crippen LogP contribution in [0.2, 0.25) is 5.04 Å². The van der Waals surface area contributed by atoms with Crippen molar-refractivity contribution in [2.24, 2.45) is 0 Å². The van der Waals surface area contributed by atoms with Gasteiger partial charge in [0.25, 0.3) is 8.32 Å². The highest BCUT2D eigenvalue weighted by atomic mass is 32.2. The molecule has 0 spiro atoms. The Bertz CT molecular complexity index is 1150. The summed E-state index contributed by atoms with van der Waals surface area (Å²) in [5.74, 6) is 0.701. The van der Waals surface area contributed by atoms with Gasteiger partial charge in [-0.3, -0.25) is 4.31 Å². The van der Waals surface area contributed by atoms with E-state index in [-0.39, 0.29) is 11.6 Å². The highest BCUT2D eigenvalue weighted by Gasteiger charge is 2.51. The number of methoxy groups -OCH3 is 1. The van der Waals surface area contributed by atoms with Gasteiger partial charge in [-0.1, -0.05) is 81.4 Å². The zero-order valence-electron chi connectivity index (χ0n) is 20.3. The van der Waals surface area contributed by atoms with Gasteiger partial charge in [-0.2, -0.15) is 0 Å². The Morgan fingerprint density at radius 2 is 1.41 bits per heavy atom. The maximum Gasteiger partial charge on any atom is 0.261 e. The van der Waals surface area contributed by atoms with Crippen LogP contribution in [0.3, 0.4) is 0 Å². The molecule has 3 aromatic carbocycles. The van der Waals surface area contributed by atoms with Gasteiger partial charge in [0.15, 0.2) is 0 Å². The van der Waals surface area contributed by atoms with Crippen LogP contribution in [-0.2, 0) is 14.4 Å². The number of ether oxygens (including phenoxy) is 1. The van der Waals surface area contributed by atoms with Gasteiger partial charge in [0.2, 0.25) is 10.0 Å². The van der Waals surface area contributed by atoms with Crippen molar-refractivity contribution in [3.05, 3.63) is 84.9 Å². The third-order valence-corrected chi connectivity index (χ3v) is 13.9. The van der Waals surface area contributed by atoms with Gasteiger partial charge >= 0.3 is 0 Å². The summed E-state index contributed by atoms with van der Waals surface area (Å²) >= 11 is 0. The lowest BCUT2D eigenvalue weighted by molar-refractivity contribution is 0.293. The van der Waals surface area contributed by atoms with Crippen molar-refractivity contribution in [1.82, 2.24) is 0 Å². The number of hydrogen-bond acceptors (Lipinski definition) is 4. The molecule has 3 aromatic rings. The fourth-order valence-electron chi connectivity index (χ4n) is 4.89. The third kappa shape index (κ3) is 4.40. The van der Waals surface area contributed by atoms with Crippen LogP contribution in [0.25, 0.3) is 0 Å². The Labute approximate surface area is 204 Å². The summed E-state index contributed by atoms with van der Waals surface area (Å²) in [5, 5.41) is 1.51. The molecule has 0 N–H and O–H groups in total. The summed E-state index contributed by atoms with van der Waals surface area (Å²) in [5.41, 5.74) is 0.661. The molecule has 0 amide bonds. The Hall–Kier alpha value is -2.61. The van der Waals surface area contributed by atoms with Crippen LogP contribution < -0.4 is 19.4 Å². The molecule has 1 aliphatic rings. The first kappa shape index (κ1) is 24.5. The number of benzene rings is 3. The van der Waals surface area contributed by atoms with E-state index in [9.17, 15) is 8.42 Å². The number of hydrogen-bond donors (Lipinski definition) is 0. The van der Waals surface area contributed by atoms with Crippen molar-refractivity contribution in [3.63, 3.8) is 0 Å². The lowest BCUT2D eigenvalue weighted by Gasteiger charge is -2.43. The molecule has 4 rings (SSSR count). The average molecular weight is 496 g/mol. The quantitative estimate of drug-likeness (QED) is 0.462. The van der Waals surface area contributed by atoms with Gasteiger partial charge in [0, 0.05) is 6.54 Å². The number of sulfonamides is 1. The highest BCUT2D eigenvalue weighted by molar-refractivity contribution is 7.93. The monoisotopic (exact) mass is 495 g/mol. The van der Waals surface area contributed by atoms with Gasteiger partial charge in [-0.05, 0) is 46.1 Å². The van der Waals surface area contributed by atoms with E-state index in [1.54, 1.807) is 31.4 Å². The predicted molar refractivity (Wildman–Crippen MR) is 141 cm³/mol. The van der Waals surface area contributed by atoms with Crippen LogP contribution in [0.4, 0.5) is 5.69 Å². The van der Waals surface area contributed by atoms with Gasteiger partial charge in [0.1, 0.15) is 11.0 Å². The first-order valence-electron chi connectivity index (χ1n) is 11.6. The van der Waals surface area contributed by atoms with E-state index in [1.807, 2.05) is 36.4 Å². The maximum atomic E-state index is 13.5. The minimum Gasteiger partial charge on any atom is -0.497 e. The fraction of sp³-hybridized carbons (Fsp3) is 0.333. The molecule has 1 atom stereocenters. The first-order valence-corrected chi connectivity index (χ1v) is 15.0. The van der Waals surface area contributed by atoms with Crippen LogP contribution in [0.1, 0.15) is 27.2 Å². The Morgan fingerprint density at radius 1 is 0.882 bits per heavy atom. The van der Waals surface area contributed by atoms with Crippen LogP contribution in [0.15, 0.2) is 84.9 Å². The summed E-state index contributed by atoms with van der Waals surface area (Å²) in [7, 11) is -4.74. The Morgan fingerprint density at radius 3 is 1.88 bits per heavy atom. The van der Waals surface area contributed by atoms with Gasteiger partial charge in [-0.15, -0.1) is 0 Å². The van der Waals surface area contributed by atoms with E-state index < -0.39 is 23.6 Å². The average Bonchev–Trinajstić information content (AvgIpc) is 3.13. The Balaban J connectivity index is 1.67. The van der Waals surface area contributed by atoms with Gasteiger partial charge in [0.05, 0.1) is 19.4 Å².